The third-order valence-electron chi connectivity index (χ3n) is 3.74. The number of rotatable bonds is 5. The second-order valence-corrected chi connectivity index (χ2v) is 6.71. The Bertz CT molecular complexity index is 1020. The maximum absolute atomic E-state index is 13.0. The van der Waals surface area contributed by atoms with Crippen LogP contribution in [0.5, 0.6) is 0 Å². The number of hydrogen-bond acceptors (Lipinski definition) is 3. The number of carbonyl (C=O) groups excluding carboxylic acids is 2. The lowest BCUT2D eigenvalue weighted by atomic mass is 10.1. The Labute approximate surface area is 169 Å². The predicted molar refractivity (Wildman–Crippen MR) is 110 cm³/mol. The highest BCUT2D eigenvalue weighted by atomic mass is 79.9. The fourth-order valence-corrected chi connectivity index (χ4v) is 2.59. The second kappa shape index (κ2) is 9.05. The average molecular weight is 440 g/mol. The zero-order valence-corrected chi connectivity index (χ0v) is 16.1. The van der Waals surface area contributed by atoms with Gasteiger partial charge in [0.1, 0.15) is 5.82 Å². The number of hydrogen-bond donors (Lipinski definition) is 2. The van der Waals surface area contributed by atoms with Crippen LogP contribution >= 0.6 is 15.9 Å². The lowest BCUT2D eigenvalue weighted by Crippen LogP contribution is -2.18. The molecule has 140 valence electrons. The van der Waals surface area contributed by atoms with Crippen molar-refractivity contribution in [3.8, 4) is 0 Å². The van der Waals surface area contributed by atoms with Gasteiger partial charge in [-0.05, 0) is 60.2 Å². The molecule has 0 aliphatic heterocycles. The van der Waals surface area contributed by atoms with Crippen LogP contribution in [0.2, 0.25) is 0 Å². The highest BCUT2D eigenvalue weighted by molar-refractivity contribution is 9.10. The van der Waals surface area contributed by atoms with Crippen LogP contribution in [0.15, 0.2) is 82.4 Å². The van der Waals surface area contributed by atoms with Gasteiger partial charge in [-0.3, -0.25) is 9.59 Å². The third-order valence-corrected chi connectivity index (χ3v) is 4.27. The van der Waals surface area contributed by atoms with Crippen LogP contribution in [-0.2, 0) is 0 Å². The highest BCUT2D eigenvalue weighted by Gasteiger charge is 2.09. The van der Waals surface area contributed by atoms with Gasteiger partial charge in [-0.2, -0.15) is 5.10 Å². The molecule has 5 nitrogen and oxygen atoms in total. The summed E-state index contributed by atoms with van der Waals surface area (Å²) in [6.07, 6.45) is 1.53. The predicted octanol–water partition coefficient (Wildman–Crippen LogP) is 4.60. The second-order valence-electron chi connectivity index (χ2n) is 5.79. The molecule has 0 saturated carbocycles. The molecule has 0 fully saturated rings. The van der Waals surface area contributed by atoms with E-state index in [0.29, 0.717) is 16.8 Å². The Hall–Kier alpha value is -3.32. The van der Waals surface area contributed by atoms with E-state index in [1.54, 1.807) is 18.2 Å². The van der Waals surface area contributed by atoms with Crippen molar-refractivity contribution in [3.63, 3.8) is 0 Å². The van der Waals surface area contributed by atoms with E-state index in [-0.39, 0.29) is 0 Å². The first-order valence-corrected chi connectivity index (χ1v) is 9.06. The van der Waals surface area contributed by atoms with Gasteiger partial charge < -0.3 is 5.32 Å². The van der Waals surface area contributed by atoms with Gasteiger partial charge in [0.2, 0.25) is 0 Å². The minimum atomic E-state index is -0.418. The molecule has 0 aliphatic carbocycles. The molecule has 0 bridgehead atoms. The minimum Gasteiger partial charge on any atom is -0.322 e. The topological polar surface area (TPSA) is 70.6 Å². The molecular weight excluding hydrogens is 425 g/mol. The summed E-state index contributed by atoms with van der Waals surface area (Å²) in [5, 5.41) is 6.61. The van der Waals surface area contributed by atoms with Crippen LogP contribution in [0.3, 0.4) is 0 Å². The molecule has 3 rings (SSSR count). The summed E-state index contributed by atoms with van der Waals surface area (Å²) in [6, 6.07) is 19.1. The molecule has 0 aliphatic rings. The summed E-state index contributed by atoms with van der Waals surface area (Å²) in [5.74, 6) is -1.23. The Morgan fingerprint density at radius 2 is 1.61 bits per heavy atom. The molecule has 0 aromatic heterocycles. The number of nitrogens with one attached hydrogen (secondary N) is 2. The lowest BCUT2D eigenvalue weighted by Gasteiger charge is -2.07. The van der Waals surface area contributed by atoms with Crippen molar-refractivity contribution in [3.05, 3.63) is 99.8 Å². The third kappa shape index (κ3) is 5.34. The largest absolute Gasteiger partial charge is 0.322 e. The normalized spacial score (nSPS) is 10.6. The zero-order chi connectivity index (χ0) is 19.9. The van der Waals surface area contributed by atoms with Crippen LogP contribution in [0.1, 0.15) is 26.3 Å². The van der Waals surface area contributed by atoms with Crippen LogP contribution in [0.25, 0.3) is 0 Å². The Morgan fingerprint density at radius 1 is 0.893 bits per heavy atom. The lowest BCUT2D eigenvalue weighted by molar-refractivity contribution is 0.0953. The molecule has 3 aromatic rings. The number of halogens is 2. The van der Waals surface area contributed by atoms with E-state index in [2.05, 4.69) is 31.8 Å². The molecule has 0 atom stereocenters. The van der Waals surface area contributed by atoms with Crippen molar-refractivity contribution < 1.29 is 14.0 Å². The zero-order valence-electron chi connectivity index (χ0n) is 14.5. The molecule has 7 heteroatoms. The highest BCUT2D eigenvalue weighted by Crippen LogP contribution is 2.13. The monoisotopic (exact) mass is 439 g/mol. The van der Waals surface area contributed by atoms with Gasteiger partial charge in [0.05, 0.1) is 6.21 Å². The summed E-state index contributed by atoms with van der Waals surface area (Å²) in [6.45, 7) is 0. The van der Waals surface area contributed by atoms with Gasteiger partial charge >= 0.3 is 0 Å². The van der Waals surface area contributed by atoms with E-state index in [9.17, 15) is 14.0 Å². The van der Waals surface area contributed by atoms with Crippen LogP contribution in [-0.4, -0.2) is 18.0 Å². The average Bonchev–Trinajstić information content (AvgIpc) is 2.70. The van der Waals surface area contributed by atoms with Crippen molar-refractivity contribution in [1.82, 2.24) is 5.43 Å². The van der Waals surface area contributed by atoms with Crippen LogP contribution in [0.4, 0.5) is 10.1 Å². The summed E-state index contributed by atoms with van der Waals surface area (Å²) in [5.41, 5.74) is 4.38. The van der Waals surface area contributed by atoms with Gasteiger partial charge in [0.25, 0.3) is 11.8 Å². The minimum absolute atomic E-state index is 0.315. The summed E-state index contributed by atoms with van der Waals surface area (Å²) in [4.78, 5) is 24.4. The van der Waals surface area contributed by atoms with E-state index >= 15 is 0 Å². The van der Waals surface area contributed by atoms with E-state index in [1.165, 1.54) is 36.5 Å². The SMILES string of the molecule is O=C(N/N=C\c1ccc(Br)cc1)c1cccc(NC(=O)c2ccc(F)cc2)c1. The summed E-state index contributed by atoms with van der Waals surface area (Å²) in [7, 11) is 0. The standard InChI is InChI=1S/C21H15BrFN3O2/c22-17-8-4-14(5-9-17)13-24-26-21(28)16-2-1-3-19(12-16)25-20(27)15-6-10-18(23)11-7-15/h1-13H,(H,25,27)(H,26,28)/b24-13-. The summed E-state index contributed by atoms with van der Waals surface area (Å²) < 4.78 is 13.9. The molecular formula is C21H15BrFN3O2. The van der Waals surface area contributed by atoms with Gasteiger partial charge in [-0.1, -0.05) is 34.1 Å². The van der Waals surface area contributed by atoms with E-state index in [4.69, 9.17) is 0 Å². The van der Waals surface area contributed by atoms with Gasteiger partial charge in [0.15, 0.2) is 0 Å². The number of nitrogens with zero attached hydrogens (tertiary/aromatic N) is 1. The number of hydrazone groups is 1. The molecule has 3 aromatic carbocycles. The molecule has 0 unspecified atom stereocenters. The van der Waals surface area contributed by atoms with Gasteiger partial charge in [-0.15, -0.1) is 0 Å². The maximum atomic E-state index is 13.0. The molecule has 0 spiro atoms. The summed E-state index contributed by atoms with van der Waals surface area (Å²) >= 11 is 3.35. The van der Waals surface area contributed by atoms with Crippen molar-refractivity contribution in [1.29, 1.82) is 0 Å². The smallest absolute Gasteiger partial charge is 0.271 e. The van der Waals surface area contributed by atoms with Crippen molar-refractivity contribution in [2.45, 2.75) is 0 Å². The molecule has 2 amide bonds. The quantitative estimate of drug-likeness (QED) is 0.450. The number of benzene rings is 3. The maximum Gasteiger partial charge on any atom is 0.271 e. The van der Waals surface area contributed by atoms with Gasteiger partial charge in [-0.25, -0.2) is 9.82 Å². The molecule has 2 N–H and O–H groups in total. The number of amides is 2. The molecule has 0 heterocycles. The van der Waals surface area contributed by atoms with Crippen molar-refractivity contribution >= 4 is 39.6 Å². The molecule has 0 radical (unpaired) electrons. The first kappa shape index (κ1) is 19.4. The first-order chi connectivity index (χ1) is 13.5. The Balaban J connectivity index is 1.63. The Kier molecular flexibility index (Phi) is 6.29. The first-order valence-electron chi connectivity index (χ1n) is 8.27. The van der Waals surface area contributed by atoms with Crippen LogP contribution < -0.4 is 10.7 Å². The van der Waals surface area contributed by atoms with E-state index in [0.717, 1.165) is 10.0 Å². The number of anilines is 1. The van der Waals surface area contributed by atoms with Gasteiger partial charge in [0, 0.05) is 21.3 Å². The van der Waals surface area contributed by atoms with E-state index in [1.807, 2.05) is 24.3 Å². The van der Waals surface area contributed by atoms with Crippen molar-refractivity contribution in [2.75, 3.05) is 5.32 Å². The fraction of sp³-hybridized carbons (Fsp3) is 0. The van der Waals surface area contributed by atoms with E-state index < -0.39 is 17.6 Å². The Morgan fingerprint density at radius 3 is 2.32 bits per heavy atom. The molecule has 0 saturated heterocycles. The number of carbonyl (C=O) groups is 2. The fourth-order valence-electron chi connectivity index (χ4n) is 2.32. The van der Waals surface area contributed by atoms with Crippen molar-refractivity contribution in [2.24, 2.45) is 5.10 Å². The molecule has 28 heavy (non-hydrogen) atoms. The van der Waals surface area contributed by atoms with Crippen LogP contribution in [0, 0.1) is 5.82 Å².